The van der Waals surface area contributed by atoms with Crippen molar-refractivity contribution in [3.05, 3.63) is 103 Å². The van der Waals surface area contributed by atoms with Gasteiger partial charge < -0.3 is 26.2 Å². The Morgan fingerprint density at radius 3 is 2.57 bits per heavy atom. The van der Waals surface area contributed by atoms with Gasteiger partial charge in [0.15, 0.2) is 0 Å². The lowest BCUT2D eigenvalue weighted by Gasteiger charge is -2.26. The Morgan fingerprint density at radius 2 is 1.69 bits per heavy atom. The summed E-state index contributed by atoms with van der Waals surface area (Å²) in [6.07, 6.45) is 5.46. The number of carbonyl (C=O) groups is 1. The fourth-order valence-corrected chi connectivity index (χ4v) is 6.10. The molecule has 1 aliphatic rings. The van der Waals surface area contributed by atoms with Crippen molar-refractivity contribution < 1.29 is 4.79 Å². The molecule has 0 bridgehead atoms. The molecule has 4 N–H and O–H groups in total. The van der Waals surface area contributed by atoms with Crippen molar-refractivity contribution in [3.63, 3.8) is 0 Å². The van der Waals surface area contributed by atoms with Crippen LogP contribution in [0.5, 0.6) is 0 Å². The van der Waals surface area contributed by atoms with Gasteiger partial charge in [-0.15, -0.1) is 11.3 Å². The summed E-state index contributed by atoms with van der Waals surface area (Å²) in [6, 6.07) is 19.0. The monoisotopic (exact) mass is 580 g/mol. The van der Waals surface area contributed by atoms with Gasteiger partial charge in [0.1, 0.15) is 16.3 Å². The molecule has 6 rings (SSSR count). The number of likely N-dealkylation sites (tertiary alicyclic amines) is 1. The molecular weight excluding hydrogens is 548 g/mol. The van der Waals surface area contributed by atoms with Gasteiger partial charge in [0.2, 0.25) is 0 Å². The number of pyridine rings is 1. The fourth-order valence-electron chi connectivity index (χ4n) is 5.33. The van der Waals surface area contributed by atoms with Crippen LogP contribution in [0.15, 0.2) is 81.8 Å². The molecular formula is C32H32N6O3S. The summed E-state index contributed by atoms with van der Waals surface area (Å²) in [5.74, 6) is -0.238. The van der Waals surface area contributed by atoms with Crippen molar-refractivity contribution >= 4 is 56.6 Å². The minimum Gasteiger partial charge on any atom is -0.380 e. The molecule has 0 radical (unpaired) electrons. The van der Waals surface area contributed by atoms with Crippen molar-refractivity contribution in [2.75, 3.05) is 47.4 Å². The van der Waals surface area contributed by atoms with Gasteiger partial charge in [-0.25, -0.2) is 0 Å². The van der Waals surface area contributed by atoms with E-state index in [0.717, 1.165) is 41.8 Å². The number of carbonyl (C=O) groups excluding carboxylic acids is 1. The fraction of sp³-hybridized carbons (Fsp3) is 0.250. The summed E-state index contributed by atoms with van der Waals surface area (Å²) < 4.78 is 0. The molecule has 1 fully saturated rings. The van der Waals surface area contributed by atoms with Crippen molar-refractivity contribution in [1.82, 2.24) is 9.88 Å². The largest absolute Gasteiger partial charge is 0.380 e. The average Bonchev–Trinajstić information content (AvgIpc) is 3.51. The van der Waals surface area contributed by atoms with Crippen molar-refractivity contribution in [3.8, 4) is 0 Å². The standard InChI is InChI=1S/C32H32N6O3S/c39-29-27(34-14-17-38-15-4-1-5-16-38)28(30(29)40)36-22-7-6-8-23(19-22)37-32(41)31-26(12-18-42-31)35-20-21-11-13-33-25-10-3-2-9-24(21)25/h2-3,6-13,18-19,34-36H,1,4-5,14-17,20H2,(H,37,41). The van der Waals surface area contributed by atoms with Gasteiger partial charge in [0, 0.05) is 42.6 Å². The van der Waals surface area contributed by atoms with Gasteiger partial charge in [-0.3, -0.25) is 19.4 Å². The Balaban J connectivity index is 1.08. The predicted molar refractivity (Wildman–Crippen MR) is 171 cm³/mol. The minimum atomic E-state index is -0.541. The summed E-state index contributed by atoms with van der Waals surface area (Å²) in [5, 5.41) is 15.5. The first-order chi connectivity index (χ1) is 20.6. The molecule has 1 aliphatic heterocycles. The van der Waals surface area contributed by atoms with E-state index in [0.29, 0.717) is 35.0 Å². The molecule has 1 amide bonds. The van der Waals surface area contributed by atoms with Crippen LogP contribution in [0, 0.1) is 0 Å². The van der Waals surface area contributed by atoms with Gasteiger partial charge >= 0.3 is 0 Å². The lowest BCUT2D eigenvalue weighted by atomic mass is 10.1. The van der Waals surface area contributed by atoms with E-state index in [-0.39, 0.29) is 11.6 Å². The number of benzene rings is 2. The number of hydrogen-bond donors (Lipinski definition) is 4. The molecule has 2 aromatic heterocycles. The summed E-state index contributed by atoms with van der Waals surface area (Å²) in [5.41, 5.74) is 3.48. The minimum absolute atomic E-state index is 0.238. The lowest BCUT2D eigenvalue weighted by molar-refractivity contribution is 0.103. The summed E-state index contributed by atoms with van der Waals surface area (Å²) in [4.78, 5) is 45.2. The SMILES string of the molecule is O=C(Nc1cccc(Nc2c(NCCN3CCCCC3)c(=O)c2=O)c1)c1sccc1NCc1ccnc2ccccc12. The summed E-state index contributed by atoms with van der Waals surface area (Å²) in [7, 11) is 0. The van der Waals surface area contributed by atoms with Crippen LogP contribution in [-0.4, -0.2) is 42.0 Å². The number of nitrogens with one attached hydrogen (secondary N) is 4. The maximum atomic E-state index is 13.2. The molecule has 0 spiro atoms. The van der Waals surface area contributed by atoms with Crippen LogP contribution < -0.4 is 32.1 Å². The predicted octanol–water partition coefficient (Wildman–Crippen LogP) is 5.40. The first kappa shape index (κ1) is 27.6. The summed E-state index contributed by atoms with van der Waals surface area (Å²) in [6.45, 7) is 4.13. The van der Waals surface area contributed by atoms with Crippen LogP contribution >= 0.6 is 11.3 Å². The first-order valence-corrected chi connectivity index (χ1v) is 15.1. The molecule has 3 heterocycles. The van der Waals surface area contributed by atoms with Crippen LogP contribution in [0.2, 0.25) is 0 Å². The second-order valence-corrected chi connectivity index (χ2v) is 11.3. The molecule has 1 saturated heterocycles. The van der Waals surface area contributed by atoms with E-state index < -0.39 is 10.9 Å². The third kappa shape index (κ3) is 6.05. The Hall–Kier alpha value is -4.54. The first-order valence-electron chi connectivity index (χ1n) is 14.2. The van der Waals surface area contributed by atoms with Crippen LogP contribution in [-0.2, 0) is 6.54 Å². The topological polar surface area (TPSA) is 115 Å². The van der Waals surface area contributed by atoms with Crippen molar-refractivity contribution in [2.45, 2.75) is 25.8 Å². The van der Waals surface area contributed by atoms with E-state index in [9.17, 15) is 14.4 Å². The molecule has 0 atom stereocenters. The number of para-hydroxylation sites is 1. The smallest absolute Gasteiger partial charge is 0.267 e. The number of nitrogens with zero attached hydrogens (tertiary/aromatic N) is 2. The number of rotatable bonds is 11. The summed E-state index contributed by atoms with van der Waals surface area (Å²) >= 11 is 1.36. The van der Waals surface area contributed by atoms with E-state index in [1.54, 1.807) is 30.5 Å². The number of amides is 1. The van der Waals surface area contributed by atoms with E-state index in [2.05, 4.69) is 31.2 Å². The molecule has 0 aliphatic carbocycles. The van der Waals surface area contributed by atoms with E-state index in [1.807, 2.05) is 41.8 Å². The number of hydrogen-bond acceptors (Lipinski definition) is 9. The van der Waals surface area contributed by atoms with Crippen LogP contribution in [0.25, 0.3) is 10.9 Å². The van der Waals surface area contributed by atoms with Crippen LogP contribution in [0.1, 0.15) is 34.5 Å². The number of anilines is 5. The van der Waals surface area contributed by atoms with Crippen molar-refractivity contribution in [2.24, 2.45) is 0 Å². The van der Waals surface area contributed by atoms with Crippen molar-refractivity contribution in [1.29, 1.82) is 0 Å². The maximum absolute atomic E-state index is 13.2. The molecule has 5 aromatic rings. The van der Waals surface area contributed by atoms with Gasteiger partial charge in [0.05, 0.1) is 11.2 Å². The molecule has 0 unspecified atom stereocenters. The highest BCUT2D eigenvalue weighted by molar-refractivity contribution is 7.12. The Bertz CT molecular complexity index is 1780. The van der Waals surface area contributed by atoms with E-state index in [4.69, 9.17) is 0 Å². The van der Waals surface area contributed by atoms with Gasteiger partial charge in [0.25, 0.3) is 16.8 Å². The molecule has 9 nitrogen and oxygen atoms in total. The second kappa shape index (κ2) is 12.5. The van der Waals surface area contributed by atoms with Gasteiger partial charge in [-0.05, 0) is 73.3 Å². The molecule has 42 heavy (non-hydrogen) atoms. The van der Waals surface area contributed by atoms with Gasteiger partial charge in [-0.2, -0.15) is 0 Å². The zero-order valence-electron chi connectivity index (χ0n) is 23.1. The average molecular weight is 581 g/mol. The maximum Gasteiger partial charge on any atom is 0.267 e. The quantitative estimate of drug-likeness (QED) is 0.154. The third-order valence-electron chi connectivity index (χ3n) is 7.56. The zero-order chi connectivity index (χ0) is 28.9. The van der Waals surface area contributed by atoms with E-state index >= 15 is 0 Å². The Morgan fingerprint density at radius 1 is 0.881 bits per heavy atom. The molecule has 3 aromatic carbocycles. The molecule has 214 valence electrons. The highest BCUT2D eigenvalue weighted by atomic mass is 32.1. The Kier molecular flexibility index (Phi) is 8.25. The number of aromatic nitrogens is 1. The highest BCUT2D eigenvalue weighted by Gasteiger charge is 2.21. The number of fused-ring (bicyclic) bond motifs is 1. The van der Waals surface area contributed by atoms with Crippen LogP contribution in [0.4, 0.5) is 28.4 Å². The zero-order valence-corrected chi connectivity index (χ0v) is 23.9. The number of thiophene rings is 1. The van der Waals surface area contributed by atoms with Gasteiger partial charge in [-0.1, -0.05) is 30.7 Å². The van der Waals surface area contributed by atoms with Crippen LogP contribution in [0.3, 0.4) is 0 Å². The number of piperidine rings is 1. The third-order valence-corrected chi connectivity index (χ3v) is 8.47. The molecule has 0 saturated carbocycles. The Labute approximate surface area is 247 Å². The normalized spacial score (nSPS) is 13.7. The lowest BCUT2D eigenvalue weighted by Crippen LogP contribution is -2.39. The molecule has 10 heteroatoms. The highest BCUT2D eigenvalue weighted by Crippen LogP contribution is 2.27. The second-order valence-electron chi connectivity index (χ2n) is 10.4. The van der Waals surface area contributed by atoms with E-state index in [1.165, 1.54) is 30.6 Å².